The number of hydrogen-bond acceptors (Lipinski definition) is 2. The molecular weight excluding hydrogens is 164 g/mol. The summed E-state index contributed by atoms with van der Waals surface area (Å²) in [6, 6.07) is 0. The van der Waals surface area contributed by atoms with E-state index >= 15 is 0 Å². The van der Waals surface area contributed by atoms with Gasteiger partial charge in [0.05, 0.1) is 0 Å². The molecule has 0 aliphatic rings. The smallest absolute Gasteiger partial charge is 0.157 e. The highest BCUT2D eigenvalue weighted by atomic mass is 16.7. The summed E-state index contributed by atoms with van der Waals surface area (Å²) in [5, 5.41) is 0. The van der Waals surface area contributed by atoms with Crippen molar-refractivity contribution >= 4 is 0 Å². The molecule has 0 fully saturated rings. The highest BCUT2D eigenvalue weighted by Gasteiger charge is 2.05. The van der Waals surface area contributed by atoms with Crippen molar-refractivity contribution in [1.29, 1.82) is 0 Å². The fraction of sp³-hybridized carbons (Fsp3) is 0.818. The first-order valence-corrected chi connectivity index (χ1v) is 5.19. The van der Waals surface area contributed by atoms with E-state index in [1.165, 1.54) is 0 Å². The van der Waals surface area contributed by atoms with Gasteiger partial charge in [0.15, 0.2) is 6.29 Å². The second kappa shape index (κ2) is 9.75. The van der Waals surface area contributed by atoms with Crippen LogP contribution in [0.2, 0.25) is 0 Å². The maximum Gasteiger partial charge on any atom is 0.157 e. The molecule has 0 aliphatic heterocycles. The van der Waals surface area contributed by atoms with Crippen molar-refractivity contribution in [1.82, 2.24) is 0 Å². The Morgan fingerprint density at radius 2 is 1.77 bits per heavy atom. The van der Waals surface area contributed by atoms with Crippen molar-refractivity contribution in [3.8, 4) is 0 Å². The average molecular weight is 186 g/mol. The molecule has 2 heteroatoms. The van der Waals surface area contributed by atoms with Gasteiger partial charge >= 0.3 is 0 Å². The van der Waals surface area contributed by atoms with Crippen LogP contribution in [0.5, 0.6) is 0 Å². The molecule has 0 unspecified atom stereocenters. The van der Waals surface area contributed by atoms with Gasteiger partial charge in [0, 0.05) is 13.2 Å². The topological polar surface area (TPSA) is 18.5 Å². The predicted molar refractivity (Wildman–Crippen MR) is 55.7 cm³/mol. The molecule has 0 saturated carbocycles. The van der Waals surface area contributed by atoms with E-state index in [-0.39, 0.29) is 6.29 Å². The Kier molecular flexibility index (Phi) is 9.49. The Balaban J connectivity index is 3.43. The van der Waals surface area contributed by atoms with Gasteiger partial charge in [0.2, 0.25) is 0 Å². The lowest BCUT2D eigenvalue weighted by atomic mass is 10.2. The lowest BCUT2D eigenvalue weighted by molar-refractivity contribution is -0.139. The number of hydrogen-bond donors (Lipinski definition) is 0. The molecule has 78 valence electrons. The van der Waals surface area contributed by atoms with E-state index in [0.29, 0.717) is 0 Å². The van der Waals surface area contributed by atoms with Crippen LogP contribution in [-0.4, -0.2) is 19.5 Å². The van der Waals surface area contributed by atoms with E-state index in [4.69, 9.17) is 9.47 Å². The first-order valence-electron chi connectivity index (χ1n) is 5.19. The van der Waals surface area contributed by atoms with Gasteiger partial charge in [0.25, 0.3) is 0 Å². The Hall–Kier alpha value is -0.340. The van der Waals surface area contributed by atoms with Crippen LogP contribution in [0, 0.1) is 0 Å². The van der Waals surface area contributed by atoms with Crippen LogP contribution >= 0.6 is 0 Å². The van der Waals surface area contributed by atoms with E-state index in [0.717, 1.165) is 32.5 Å². The molecule has 0 aliphatic carbocycles. The van der Waals surface area contributed by atoms with E-state index in [1.807, 2.05) is 20.8 Å². The number of allylic oxidation sites excluding steroid dienone is 2. The summed E-state index contributed by atoms with van der Waals surface area (Å²) in [4.78, 5) is 0. The van der Waals surface area contributed by atoms with Crippen molar-refractivity contribution in [3.05, 3.63) is 12.2 Å². The van der Waals surface area contributed by atoms with E-state index in [2.05, 4.69) is 12.2 Å². The predicted octanol–water partition coefficient (Wildman–Crippen LogP) is 3.13. The maximum atomic E-state index is 5.42. The van der Waals surface area contributed by atoms with Crippen LogP contribution in [0.3, 0.4) is 0 Å². The third-order valence-corrected chi connectivity index (χ3v) is 1.75. The summed E-state index contributed by atoms with van der Waals surface area (Å²) in [5.74, 6) is 0. The Morgan fingerprint density at radius 3 is 2.23 bits per heavy atom. The minimum absolute atomic E-state index is 0.000237. The van der Waals surface area contributed by atoms with Crippen LogP contribution in [-0.2, 0) is 9.47 Å². The Labute approximate surface area is 81.9 Å². The second-order valence-electron chi connectivity index (χ2n) is 2.84. The quantitative estimate of drug-likeness (QED) is 0.329. The molecule has 0 amide bonds. The van der Waals surface area contributed by atoms with Crippen LogP contribution < -0.4 is 0 Å². The summed E-state index contributed by atoms with van der Waals surface area (Å²) >= 11 is 0. The third-order valence-electron chi connectivity index (χ3n) is 1.75. The van der Waals surface area contributed by atoms with Crippen LogP contribution in [0.25, 0.3) is 0 Å². The summed E-state index contributed by atoms with van der Waals surface area (Å²) in [6.45, 7) is 7.50. The first-order chi connectivity index (χ1) is 6.35. The minimum Gasteiger partial charge on any atom is -0.353 e. The summed E-state index contributed by atoms with van der Waals surface area (Å²) < 4.78 is 10.8. The average Bonchev–Trinajstić information content (AvgIpc) is 2.13. The molecule has 0 aromatic rings. The molecule has 13 heavy (non-hydrogen) atoms. The standard InChI is InChI=1S/C11H22O2/c1-4-7-8-9-10-11(12-5-2)13-6-3/h4,7,11H,5-6,8-10H2,1-3H3/b7-4-. The molecule has 0 saturated heterocycles. The maximum absolute atomic E-state index is 5.42. The number of ether oxygens (including phenoxy) is 2. The molecule has 0 atom stereocenters. The van der Waals surface area contributed by atoms with Gasteiger partial charge in [-0.05, 0) is 40.0 Å². The third kappa shape index (κ3) is 8.00. The van der Waals surface area contributed by atoms with Crippen molar-refractivity contribution in [2.75, 3.05) is 13.2 Å². The lowest BCUT2D eigenvalue weighted by Gasteiger charge is -2.15. The number of rotatable bonds is 8. The summed E-state index contributed by atoms with van der Waals surface area (Å²) in [6.07, 6.45) is 7.50. The zero-order valence-electron chi connectivity index (χ0n) is 9.08. The Morgan fingerprint density at radius 1 is 1.15 bits per heavy atom. The molecule has 0 rings (SSSR count). The molecule has 0 aromatic carbocycles. The Bertz CT molecular complexity index is 115. The first kappa shape index (κ1) is 12.7. The molecular formula is C11H22O2. The van der Waals surface area contributed by atoms with E-state index in [9.17, 15) is 0 Å². The van der Waals surface area contributed by atoms with Crippen molar-refractivity contribution in [3.63, 3.8) is 0 Å². The zero-order valence-corrected chi connectivity index (χ0v) is 9.08. The van der Waals surface area contributed by atoms with Crippen molar-refractivity contribution in [2.45, 2.75) is 46.3 Å². The van der Waals surface area contributed by atoms with E-state index in [1.54, 1.807) is 0 Å². The van der Waals surface area contributed by atoms with E-state index < -0.39 is 0 Å². The van der Waals surface area contributed by atoms with Crippen LogP contribution in [0.4, 0.5) is 0 Å². The van der Waals surface area contributed by atoms with Crippen LogP contribution in [0.1, 0.15) is 40.0 Å². The second-order valence-corrected chi connectivity index (χ2v) is 2.84. The SMILES string of the molecule is C/C=C\CCCC(OCC)OCC. The summed E-state index contributed by atoms with van der Waals surface area (Å²) in [5.41, 5.74) is 0. The lowest BCUT2D eigenvalue weighted by Crippen LogP contribution is -2.16. The largest absolute Gasteiger partial charge is 0.353 e. The molecule has 0 N–H and O–H groups in total. The highest BCUT2D eigenvalue weighted by molar-refractivity contribution is 4.76. The fourth-order valence-electron chi connectivity index (χ4n) is 1.16. The van der Waals surface area contributed by atoms with Gasteiger partial charge in [-0.2, -0.15) is 0 Å². The van der Waals surface area contributed by atoms with Gasteiger partial charge in [0.1, 0.15) is 0 Å². The fourth-order valence-corrected chi connectivity index (χ4v) is 1.16. The summed E-state index contributed by atoms with van der Waals surface area (Å²) in [7, 11) is 0. The van der Waals surface area contributed by atoms with Crippen molar-refractivity contribution in [2.24, 2.45) is 0 Å². The van der Waals surface area contributed by atoms with Crippen LogP contribution in [0.15, 0.2) is 12.2 Å². The molecule has 0 heterocycles. The molecule has 0 spiro atoms. The highest BCUT2D eigenvalue weighted by Crippen LogP contribution is 2.07. The van der Waals surface area contributed by atoms with Gasteiger partial charge in [-0.1, -0.05) is 12.2 Å². The molecule has 2 nitrogen and oxygen atoms in total. The minimum atomic E-state index is 0.000237. The normalized spacial score (nSPS) is 11.7. The molecule has 0 radical (unpaired) electrons. The monoisotopic (exact) mass is 186 g/mol. The van der Waals surface area contributed by atoms with Gasteiger partial charge in [-0.25, -0.2) is 0 Å². The molecule has 0 bridgehead atoms. The van der Waals surface area contributed by atoms with Crippen molar-refractivity contribution < 1.29 is 9.47 Å². The van der Waals surface area contributed by atoms with Gasteiger partial charge < -0.3 is 9.47 Å². The van der Waals surface area contributed by atoms with Gasteiger partial charge in [-0.3, -0.25) is 0 Å². The molecule has 0 aromatic heterocycles. The van der Waals surface area contributed by atoms with Gasteiger partial charge in [-0.15, -0.1) is 0 Å². The zero-order chi connectivity index (χ0) is 9.94. The number of unbranched alkanes of at least 4 members (excludes halogenated alkanes) is 1.